The van der Waals surface area contributed by atoms with Gasteiger partial charge in [-0.25, -0.2) is 4.39 Å². The molecule has 0 amide bonds. The first-order valence-electron chi connectivity index (χ1n) is 7.58. The van der Waals surface area contributed by atoms with Crippen LogP contribution in [-0.4, -0.2) is 11.1 Å². The van der Waals surface area contributed by atoms with Crippen molar-refractivity contribution in [3.8, 4) is 0 Å². The average molecular weight is 274 g/mol. The van der Waals surface area contributed by atoms with Crippen molar-refractivity contribution < 1.29 is 4.39 Å². The summed E-state index contributed by atoms with van der Waals surface area (Å²) < 4.78 is 16.1. The summed E-state index contributed by atoms with van der Waals surface area (Å²) >= 11 is 0. The molecule has 1 heterocycles. The average Bonchev–Trinajstić information content (AvgIpc) is 3.04. The summed E-state index contributed by atoms with van der Waals surface area (Å²) in [5, 5.41) is 1.05. The van der Waals surface area contributed by atoms with Gasteiger partial charge in [-0.1, -0.05) is 25.0 Å². The Morgan fingerprint density at radius 3 is 2.70 bits per heavy atom. The highest BCUT2D eigenvalue weighted by atomic mass is 19.1. The van der Waals surface area contributed by atoms with Gasteiger partial charge in [0.2, 0.25) is 0 Å². The van der Waals surface area contributed by atoms with Crippen molar-refractivity contribution in [2.45, 2.75) is 38.5 Å². The first-order valence-corrected chi connectivity index (χ1v) is 7.58. The van der Waals surface area contributed by atoms with Crippen LogP contribution in [0.5, 0.6) is 0 Å². The molecule has 1 aromatic carbocycles. The lowest BCUT2D eigenvalue weighted by Gasteiger charge is -2.23. The van der Waals surface area contributed by atoms with Crippen molar-refractivity contribution in [3.05, 3.63) is 35.3 Å². The first-order chi connectivity index (χ1) is 9.65. The van der Waals surface area contributed by atoms with Crippen molar-refractivity contribution in [2.24, 2.45) is 18.7 Å². The number of aryl methyl sites for hydroxylation is 1. The van der Waals surface area contributed by atoms with Gasteiger partial charge in [-0.15, -0.1) is 0 Å². The van der Waals surface area contributed by atoms with Crippen molar-refractivity contribution >= 4 is 10.9 Å². The summed E-state index contributed by atoms with van der Waals surface area (Å²) in [5.74, 6) is 0.886. The zero-order valence-corrected chi connectivity index (χ0v) is 12.3. The maximum Gasteiger partial charge on any atom is 0.147 e. The second kappa shape index (κ2) is 5.21. The second-order valence-electron chi connectivity index (χ2n) is 6.08. The largest absolute Gasteiger partial charge is 0.345 e. The van der Waals surface area contributed by atoms with E-state index in [9.17, 15) is 4.39 Å². The molecule has 3 rings (SSSR count). The third-order valence-electron chi connectivity index (χ3n) is 5.10. The fourth-order valence-electron chi connectivity index (χ4n) is 3.99. The quantitative estimate of drug-likeness (QED) is 0.905. The van der Waals surface area contributed by atoms with Crippen LogP contribution in [0.3, 0.4) is 0 Å². The lowest BCUT2D eigenvalue weighted by Crippen LogP contribution is -2.20. The maximum atomic E-state index is 14.1. The van der Waals surface area contributed by atoms with Crippen LogP contribution in [0.2, 0.25) is 0 Å². The van der Waals surface area contributed by atoms with Gasteiger partial charge in [0.15, 0.2) is 0 Å². The van der Waals surface area contributed by atoms with Gasteiger partial charge in [0.1, 0.15) is 5.82 Å². The van der Waals surface area contributed by atoms with E-state index < -0.39 is 0 Å². The molecular weight excluding hydrogens is 251 g/mol. The minimum Gasteiger partial charge on any atom is -0.345 e. The monoisotopic (exact) mass is 274 g/mol. The smallest absolute Gasteiger partial charge is 0.147 e. The highest BCUT2D eigenvalue weighted by Crippen LogP contribution is 2.41. The van der Waals surface area contributed by atoms with Crippen LogP contribution >= 0.6 is 0 Å². The van der Waals surface area contributed by atoms with Crippen molar-refractivity contribution in [2.75, 3.05) is 6.54 Å². The Hall–Kier alpha value is -1.35. The predicted octanol–water partition coefficient (Wildman–Crippen LogP) is 3.86. The van der Waals surface area contributed by atoms with Crippen LogP contribution in [0.4, 0.5) is 4.39 Å². The Morgan fingerprint density at radius 2 is 2.05 bits per heavy atom. The van der Waals surface area contributed by atoms with E-state index in [1.54, 1.807) is 6.07 Å². The van der Waals surface area contributed by atoms with E-state index in [4.69, 9.17) is 5.73 Å². The molecule has 0 aliphatic heterocycles. The van der Waals surface area contributed by atoms with Crippen molar-refractivity contribution in [1.29, 1.82) is 0 Å². The van der Waals surface area contributed by atoms with Gasteiger partial charge in [0.05, 0.1) is 5.52 Å². The second-order valence-corrected chi connectivity index (χ2v) is 6.08. The van der Waals surface area contributed by atoms with E-state index >= 15 is 0 Å². The molecule has 0 bridgehead atoms. The van der Waals surface area contributed by atoms with Gasteiger partial charge < -0.3 is 10.3 Å². The number of nitrogens with zero attached hydrogens (tertiary/aromatic N) is 1. The minimum absolute atomic E-state index is 0.137. The molecule has 2 N–H and O–H groups in total. The van der Waals surface area contributed by atoms with Crippen LogP contribution < -0.4 is 5.73 Å². The Kier molecular flexibility index (Phi) is 3.55. The fourth-order valence-corrected chi connectivity index (χ4v) is 3.99. The van der Waals surface area contributed by atoms with Gasteiger partial charge in [0, 0.05) is 24.0 Å². The van der Waals surface area contributed by atoms with Crippen molar-refractivity contribution in [1.82, 2.24) is 4.57 Å². The molecule has 1 aromatic heterocycles. The Labute approximate surface area is 119 Å². The number of fused-ring (bicyclic) bond motifs is 1. The molecular formula is C17H23FN2. The summed E-state index contributed by atoms with van der Waals surface area (Å²) in [5.41, 5.74) is 9.24. The van der Waals surface area contributed by atoms with Crippen LogP contribution in [0.1, 0.15) is 42.9 Å². The predicted molar refractivity (Wildman–Crippen MR) is 81.4 cm³/mol. The number of rotatable bonds is 3. The highest BCUT2D eigenvalue weighted by molar-refractivity contribution is 5.86. The molecule has 1 aliphatic carbocycles. The van der Waals surface area contributed by atoms with Gasteiger partial charge in [-0.2, -0.15) is 0 Å². The van der Waals surface area contributed by atoms with E-state index in [2.05, 4.69) is 6.92 Å². The summed E-state index contributed by atoms with van der Waals surface area (Å²) in [6.45, 7) is 2.74. The lowest BCUT2D eigenvalue weighted by molar-refractivity contribution is 0.440. The molecule has 1 saturated carbocycles. The fraction of sp³-hybridized carbons (Fsp3) is 0.529. The molecule has 3 heteroatoms. The van der Waals surface area contributed by atoms with Gasteiger partial charge in [-0.05, 0) is 43.9 Å². The van der Waals surface area contributed by atoms with E-state index in [0.717, 1.165) is 16.6 Å². The molecule has 1 fully saturated rings. The summed E-state index contributed by atoms with van der Waals surface area (Å²) in [6.07, 6.45) is 5.12. The zero-order valence-electron chi connectivity index (χ0n) is 12.3. The van der Waals surface area contributed by atoms with Crippen LogP contribution in [0, 0.1) is 18.7 Å². The molecule has 0 spiro atoms. The molecule has 0 radical (unpaired) electrons. The molecule has 2 nitrogen and oxygen atoms in total. The SMILES string of the molecule is Cc1c(C(CN)C2CCCC2)c2cccc(F)c2n1C. The third kappa shape index (κ3) is 1.96. The Morgan fingerprint density at radius 1 is 1.35 bits per heavy atom. The Balaban J connectivity index is 2.19. The van der Waals surface area contributed by atoms with Crippen LogP contribution in [0.15, 0.2) is 18.2 Å². The number of hydrogen-bond acceptors (Lipinski definition) is 1. The van der Waals surface area contributed by atoms with E-state index in [0.29, 0.717) is 18.4 Å². The zero-order chi connectivity index (χ0) is 14.3. The van der Waals surface area contributed by atoms with Gasteiger partial charge in [-0.3, -0.25) is 0 Å². The number of benzene rings is 1. The summed E-state index contributed by atoms with van der Waals surface area (Å²) in [7, 11) is 1.95. The molecule has 1 atom stereocenters. The standard InChI is InChI=1S/C17H23FN2/c1-11-16(14(10-19)12-6-3-4-7-12)13-8-5-9-15(18)17(13)20(11)2/h5,8-9,12,14H,3-4,6-7,10,19H2,1-2H3. The van der Waals surface area contributed by atoms with Crippen LogP contribution in [0.25, 0.3) is 10.9 Å². The maximum absolute atomic E-state index is 14.1. The molecule has 108 valence electrons. The van der Waals surface area contributed by atoms with Gasteiger partial charge in [0.25, 0.3) is 0 Å². The summed E-state index contributed by atoms with van der Waals surface area (Å²) in [4.78, 5) is 0. The van der Waals surface area contributed by atoms with E-state index in [1.807, 2.05) is 23.7 Å². The molecule has 1 aliphatic rings. The Bertz CT molecular complexity index is 623. The van der Waals surface area contributed by atoms with Crippen LogP contribution in [-0.2, 0) is 7.05 Å². The molecule has 2 aromatic rings. The molecule has 1 unspecified atom stereocenters. The minimum atomic E-state index is -0.137. The highest BCUT2D eigenvalue weighted by Gasteiger charge is 2.29. The number of nitrogens with two attached hydrogens (primary N) is 1. The normalized spacial score (nSPS) is 18.0. The number of aromatic nitrogens is 1. The first kappa shape index (κ1) is 13.6. The van der Waals surface area contributed by atoms with E-state index in [-0.39, 0.29) is 5.82 Å². The molecule has 0 saturated heterocycles. The molecule has 20 heavy (non-hydrogen) atoms. The number of para-hydroxylation sites is 1. The number of hydrogen-bond donors (Lipinski definition) is 1. The summed E-state index contributed by atoms with van der Waals surface area (Å²) in [6, 6.07) is 5.39. The van der Waals surface area contributed by atoms with Crippen molar-refractivity contribution in [3.63, 3.8) is 0 Å². The lowest BCUT2D eigenvalue weighted by atomic mass is 9.83. The van der Waals surface area contributed by atoms with Gasteiger partial charge >= 0.3 is 0 Å². The van der Waals surface area contributed by atoms with E-state index in [1.165, 1.54) is 31.2 Å². The third-order valence-corrected chi connectivity index (χ3v) is 5.10. The topological polar surface area (TPSA) is 30.9 Å². The number of halogens is 1.